The van der Waals surface area contributed by atoms with Gasteiger partial charge < -0.3 is 20.0 Å². The number of urea groups is 1. The Balaban J connectivity index is 1.24. The summed E-state index contributed by atoms with van der Waals surface area (Å²) in [7, 11) is 0. The molecule has 3 aromatic rings. The SMILES string of the molecule is Cc1occc1C(=O)NC1CCN(C(=O)NCc2cccc(-n3cccn3)c2)CC1. The Kier molecular flexibility index (Phi) is 5.83. The Bertz CT molecular complexity index is 1000. The molecule has 4 rings (SSSR count). The van der Waals surface area contributed by atoms with E-state index >= 15 is 0 Å². The van der Waals surface area contributed by atoms with Crippen molar-refractivity contribution in [3.63, 3.8) is 0 Å². The van der Waals surface area contributed by atoms with E-state index in [0.29, 0.717) is 31.0 Å². The second-order valence-corrected chi connectivity index (χ2v) is 7.40. The fourth-order valence-electron chi connectivity index (χ4n) is 3.63. The normalized spacial score (nSPS) is 14.5. The molecule has 0 atom stereocenters. The van der Waals surface area contributed by atoms with Crippen LogP contribution in [0.5, 0.6) is 0 Å². The molecule has 8 heteroatoms. The highest BCUT2D eigenvalue weighted by Crippen LogP contribution is 2.14. The summed E-state index contributed by atoms with van der Waals surface area (Å²) < 4.78 is 6.98. The number of carbonyl (C=O) groups excluding carboxylic acids is 2. The van der Waals surface area contributed by atoms with Crippen LogP contribution < -0.4 is 10.6 Å². The first-order valence-corrected chi connectivity index (χ1v) is 10.1. The number of nitrogens with zero attached hydrogens (tertiary/aromatic N) is 3. The molecule has 1 aliphatic heterocycles. The van der Waals surface area contributed by atoms with E-state index in [1.165, 1.54) is 6.26 Å². The Morgan fingerprint density at radius 2 is 2.03 bits per heavy atom. The third-order valence-electron chi connectivity index (χ3n) is 5.34. The fourth-order valence-corrected chi connectivity index (χ4v) is 3.63. The Hall–Kier alpha value is -3.55. The summed E-state index contributed by atoms with van der Waals surface area (Å²) in [5.41, 5.74) is 2.53. The molecule has 8 nitrogen and oxygen atoms in total. The average Bonchev–Trinajstić information content (AvgIpc) is 3.45. The summed E-state index contributed by atoms with van der Waals surface area (Å²) in [6.07, 6.45) is 6.59. The van der Waals surface area contributed by atoms with Gasteiger partial charge in [0.15, 0.2) is 0 Å². The predicted molar refractivity (Wildman–Crippen MR) is 111 cm³/mol. The molecule has 0 bridgehead atoms. The van der Waals surface area contributed by atoms with E-state index in [1.54, 1.807) is 28.8 Å². The lowest BCUT2D eigenvalue weighted by Gasteiger charge is -2.32. The smallest absolute Gasteiger partial charge is 0.317 e. The van der Waals surface area contributed by atoms with Gasteiger partial charge in [-0.3, -0.25) is 4.79 Å². The predicted octanol–water partition coefficient (Wildman–Crippen LogP) is 2.88. The standard InChI is InChI=1S/C22H25N5O3/c1-16-20(8-13-30-16)21(28)25-18-6-11-26(12-7-18)22(29)23-15-17-4-2-5-19(14-17)27-10-3-9-24-27/h2-5,8-10,13-14,18H,6-7,11-12,15H2,1H3,(H,23,29)(H,25,28). The molecule has 2 N–H and O–H groups in total. The largest absolute Gasteiger partial charge is 0.469 e. The van der Waals surface area contributed by atoms with E-state index in [0.717, 1.165) is 24.1 Å². The van der Waals surface area contributed by atoms with Crippen LogP contribution >= 0.6 is 0 Å². The van der Waals surface area contributed by atoms with Gasteiger partial charge in [-0.25, -0.2) is 9.48 Å². The monoisotopic (exact) mass is 407 g/mol. The van der Waals surface area contributed by atoms with E-state index in [-0.39, 0.29) is 18.0 Å². The van der Waals surface area contributed by atoms with Crippen LogP contribution in [-0.2, 0) is 6.54 Å². The number of likely N-dealkylation sites (tertiary alicyclic amines) is 1. The van der Waals surface area contributed by atoms with Gasteiger partial charge in [0.1, 0.15) is 5.76 Å². The molecule has 0 aliphatic carbocycles. The molecule has 1 fully saturated rings. The lowest BCUT2D eigenvalue weighted by atomic mass is 10.0. The number of benzene rings is 1. The van der Waals surface area contributed by atoms with Gasteiger partial charge in [0.05, 0.1) is 17.5 Å². The second kappa shape index (κ2) is 8.86. The van der Waals surface area contributed by atoms with Gasteiger partial charge in [0, 0.05) is 38.1 Å². The highest BCUT2D eigenvalue weighted by atomic mass is 16.3. The van der Waals surface area contributed by atoms with Crippen molar-refractivity contribution < 1.29 is 14.0 Å². The zero-order valence-electron chi connectivity index (χ0n) is 16.9. The minimum absolute atomic E-state index is 0.0570. The van der Waals surface area contributed by atoms with Crippen LogP contribution in [0, 0.1) is 6.92 Å². The number of furan rings is 1. The number of hydrogen-bond donors (Lipinski definition) is 2. The summed E-state index contributed by atoms with van der Waals surface area (Å²) >= 11 is 0. The number of hydrogen-bond acceptors (Lipinski definition) is 4. The zero-order chi connectivity index (χ0) is 20.9. The summed E-state index contributed by atoms with van der Waals surface area (Å²) in [6.45, 7) is 3.43. The maximum absolute atomic E-state index is 12.5. The Morgan fingerprint density at radius 3 is 2.73 bits per heavy atom. The third-order valence-corrected chi connectivity index (χ3v) is 5.34. The first-order chi connectivity index (χ1) is 14.6. The molecule has 3 heterocycles. The van der Waals surface area contributed by atoms with Crippen molar-refractivity contribution in [2.75, 3.05) is 13.1 Å². The van der Waals surface area contributed by atoms with Crippen molar-refractivity contribution in [1.29, 1.82) is 0 Å². The molecule has 1 aliphatic rings. The number of amides is 3. The van der Waals surface area contributed by atoms with Crippen LogP contribution in [0.4, 0.5) is 4.79 Å². The molecule has 3 amide bonds. The zero-order valence-corrected chi connectivity index (χ0v) is 16.9. The number of nitrogens with one attached hydrogen (secondary N) is 2. The van der Waals surface area contributed by atoms with Crippen LogP contribution in [0.1, 0.15) is 34.5 Å². The summed E-state index contributed by atoms with van der Waals surface area (Å²) in [5, 5.41) is 10.2. The number of piperidine rings is 1. The minimum Gasteiger partial charge on any atom is -0.469 e. The first kappa shape index (κ1) is 19.8. The lowest BCUT2D eigenvalue weighted by molar-refractivity contribution is 0.0916. The number of aromatic nitrogens is 2. The van der Waals surface area contributed by atoms with Crippen LogP contribution in [-0.4, -0.2) is 45.8 Å². The molecule has 0 spiro atoms. The van der Waals surface area contributed by atoms with E-state index in [9.17, 15) is 9.59 Å². The minimum atomic E-state index is -0.124. The fraction of sp³-hybridized carbons (Fsp3) is 0.318. The molecule has 1 saturated heterocycles. The molecule has 0 unspecified atom stereocenters. The number of carbonyl (C=O) groups is 2. The quantitative estimate of drug-likeness (QED) is 0.680. The Labute approximate surface area is 174 Å². The number of rotatable bonds is 5. The van der Waals surface area contributed by atoms with Crippen LogP contribution in [0.3, 0.4) is 0 Å². The highest BCUT2D eigenvalue weighted by Gasteiger charge is 2.24. The van der Waals surface area contributed by atoms with Crippen molar-refractivity contribution >= 4 is 11.9 Å². The average molecular weight is 407 g/mol. The van der Waals surface area contributed by atoms with Gasteiger partial charge in [-0.15, -0.1) is 0 Å². The molecule has 30 heavy (non-hydrogen) atoms. The van der Waals surface area contributed by atoms with Gasteiger partial charge in [0.2, 0.25) is 0 Å². The van der Waals surface area contributed by atoms with Crippen molar-refractivity contribution in [3.8, 4) is 5.69 Å². The molecule has 2 aromatic heterocycles. The van der Waals surface area contributed by atoms with Gasteiger partial charge in [-0.05, 0) is 49.6 Å². The first-order valence-electron chi connectivity index (χ1n) is 10.1. The lowest BCUT2D eigenvalue weighted by Crippen LogP contribution is -2.49. The van der Waals surface area contributed by atoms with Crippen molar-refractivity contribution in [3.05, 3.63) is 71.9 Å². The summed E-state index contributed by atoms with van der Waals surface area (Å²) in [4.78, 5) is 26.6. The molecule has 0 radical (unpaired) electrons. The van der Waals surface area contributed by atoms with E-state index in [1.807, 2.05) is 36.5 Å². The molecule has 156 valence electrons. The maximum atomic E-state index is 12.5. The number of aryl methyl sites for hydroxylation is 1. The third kappa shape index (κ3) is 4.53. The van der Waals surface area contributed by atoms with Crippen molar-refractivity contribution in [2.45, 2.75) is 32.4 Å². The van der Waals surface area contributed by atoms with Crippen molar-refractivity contribution in [2.24, 2.45) is 0 Å². The van der Waals surface area contributed by atoms with Crippen molar-refractivity contribution in [1.82, 2.24) is 25.3 Å². The Morgan fingerprint density at radius 1 is 1.20 bits per heavy atom. The molecule has 1 aromatic carbocycles. The van der Waals surface area contributed by atoms with Crippen LogP contribution in [0.2, 0.25) is 0 Å². The van der Waals surface area contributed by atoms with Gasteiger partial charge in [0.25, 0.3) is 5.91 Å². The highest BCUT2D eigenvalue weighted by molar-refractivity contribution is 5.95. The van der Waals surface area contributed by atoms with Gasteiger partial charge >= 0.3 is 6.03 Å². The van der Waals surface area contributed by atoms with Gasteiger partial charge in [-0.1, -0.05) is 12.1 Å². The van der Waals surface area contributed by atoms with E-state index < -0.39 is 0 Å². The topological polar surface area (TPSA) is 92.4 Å². The van der Waals surface area contributed by atoms with E-state index in [4.69, 9.17) is 4.42 Å². The molecular weight excluding hydrogens is 382 g/mol. The van der Waals surface area contributed by atoms with Crippen LogP contribution in [0.15, 0.2) is 59.5 Å². The summed E-state index contributed by atoms with van der Waals surface area (Å²) in [6, 6.07) is 11.4. The van der Waals surface area contributed by atoms with Gasteiger partial charge in [-0.2, -0.15) is 5.10 Å². The van der Waals surface area contributed by atoms with E-state index in [2.05, 4.69) is 15.7 Å². The maximum Gasteiger partial charge on any atom is 0.317 e. The van der Waals surface area contributed by atoms with Crippen LogP contribution in [0.25, 0.3) is 5.69 Å². The summed E-state index contributed by atoms with van der Waals surface area (Å²) in [5.74, 6) is 0.488. The molecule has 0 saturated carbocycles. The molecular formula is C22H25N5O3. The second-order valence-electron chi connectivity index (χ2n) is 7.40.